The van der Waals surface area contributed by atoms with Crippen LogP contribution in [0.3, 0.4) is 0 Å². The van der Waals surface area contributed by atoms with E-state index in [1.165, 1.54) is 0 Å². The van der Waals surface area contributed by atoms with Crippen molar-refractivity contribution in [1.82, 2.24) is 4.90 Å². The van der Waals surface area contributed by atoms with Gasteiger partial charge < -0.3 is 9.64 Å². The number of rotatable bonds is 6. The summed E-state index contributed by atoms with van der Waals surface area (Å²) in [7, 11) is 0. The molecule has 94 valence electrons. The molecular formula is C14H21NO2. The third-order valence-corrected chi connectivity index (χ3v) is 2.74. The number of likely N-dealkylation sites (N-methyl/N-ethyl adjacent to an activating group) is 1. The molecule has 0 aromatic heterocycles. The molecule has 0 saturated carbocycles. The van der Waals surface area contributed by atoms with Gasteiger partial charge in [0.25, 0.3) is 5.91 Å². The molecule has 1 amide bonds. The summed E-state index contributed by atoms with van der Waals surface area (Å²) in [5, 5.41) is 0. The number of nitrogens with zero attached hydrogens (tertiary/aromatic N) is 1. The Labute approximate surface area is 103 Å². The molecule has 0 N–H and O–H groups in total. The Bertz CT molecular complexity index is 333. The SMILES string of the molecule is CC[C@H](Oc1ccccc1)C(=O)N(CC)CC. The van der Waals surface area contributed by atoms with Gasteiger partial charge in [0.15, 0.2) is 6.10 Å². The molecule has 1 rings (SSSR count). The summed E-state index contributed by atoms with van der Waals surface area (Å²) in [6.07, 6.45) is 0.307. The van der Waals surface area contributed by atoms with E-state index in [2.05, 4.69) is 0 Å². The first-order valence-electron chi connectivity index (χ1n) is 6.23. The maximum absolute atomic E-state index is 12.1. The van der Waals surface area contributed by atoms with Crippen LogP contribution in [-0.4, -0.2) is 30.0 Å². The third kappa shape index (κ3) is 3.77. The monoisotopic (exact) mass is 235 g/mol. The fraction of sp³-hybridized carbons (Fsp3) is 0.500. The van der Waals surface area contributed by atoms with E-state index in [4.69, 9.17) is 4.74 Å². The third-order valence-electron chi connectivity index (χ3n) is 2.74. The molecule has 3 nitrogen and oxygen atoms in total. The lowest BCUT2D eigenvalue weighted by molar-refractivity contribution is -0.138. The summed E-state index contributed by atoms with van der Waals surface area (Å²) < 4.78 is 5.72. The lowest BCUT2D eigenvalue weighted by Crippen LogP contribution is -2.41. The van der Waals surface area contributed by atoms with Gasteiger partial charge in [0, 0.05) is 13.1 Å². The minimum absolute atomic E-state index is 0.0707. The van der Waals surface area contributed by atoms with E-state index < -0.39 is 0 Å². The van der Waals surface area contributed by atoms with Gasteiger partial charge in [-0.05, 0) is 32.4 Å². The largest absolute Gasteiger partial charge is 0.481 e. The van der Waals surface area contributed by atoms with Gasteiger partial charge in [-0.1, -0.05) is 25.1 Å². The Kier molecular flexibility index (Phi) is 5.53. The van der Waals surface area contributed by atoms with Crippen LogP contribution in [0.15, 0.2) is 30.3 Å². The van der Waals surface area contributed by atoms with Gasteiger partial charge in [0.1, 0.15) is 5.75 Å². The van der Waals surface area contributed by atoms with E-state index in [9.17, 15) is 4.79 Å². The Morgan fingerprint density at radius 3 is 2.24 bits per heavy atom. The fourth-order valence-electron chi connectivity index (χ4n) is 1.71. The Morgan fingerprint density at radius 1 is 1.18 bits per heavy atom. The van der Waals surface area contributed by atoms with Crippen molar-refractivity contribution in [3.05, 3.63) is 30.3 Å². The van der Waals surface area contributed by atoms with Crippen LogP contribution in [-0.2, 0) is 4.79 Å². The lowest BCUT2D eigenvalue weighted by atomic mass is 10.2. The van der Waals surface area contributed by atoms with Crippen LogP contribution in [0.4, 0.5) is 0 Å². The molecule has 3 heteroatoms. The topological polar surface area (TPSA) is 29.5 Å². The molecule has 0 saturated heterocycles. The number of ether oxygens (including phenoxy) is 1. The second kappa shape index (κ2) is 6.94. The highest BCUT2D eigenvalue weighted by molar-refractivity contribution is 5.81. The predicted octanol–water partition coefficient (Wildman–Crippen LogP) is 2.71. The highest BCUT2D eigenvalue weighted by Crippen LogP contribution is 2.14. The van der Waals surface area contributed by atoms with Crippen molar-refractivity contribution in [2.45, 2.75) is 33.3 Å². The smallest absolute Gasteiger partial charge is 0.263 e. The number of benzene rings is 1. The number of amides is 1. The molecule has 0 aliphatic heterocycles. The Hall–Kier alpha value is -1.51. The number of hydrogen-bond acceptors (Lipinski definition) is 2. The lowest BCUT2D eigenvalue weighted by Gasteiger charge is -2.25. The van der Waals surface area contributed by atoms with Crippen LogP contribution in [0, 0.1) is 0 Å². The fourth-order valence-corrected chi connectivity index (χ4v) is 1.71. The van der Waals surface area contributed by atoms with Crippen LogP contribution in [0.1, 0.15) is 27.2 Å². The number of para-hydroxylation sites is 1. The average Bonchev–Trinajstić information content (AvgIpc) is 2.38. The van der Waals surface area contributed by atoms with Crippen LogP contribution >= 0.6 is 0 Å². The van der Waals surface area contributed by atoms with Crippen molar-refractivity contribution >= 4 is 5.91 Å². The minimum atomic E-state index is -0.378. The van der Waals surface area contributed by atoms with Crippen LogP contribution in [0.5, 0.6) is 5.75 Å². The molecule has 0 unspecified atom stereocenters. The van der Waals surface area contributed by atoms with Crippen LogP contribution in [0.2, 0.25) is 0 Å². The van der Waals surface area contributed by atoms with E-state index in [0.717, 1.165) is 18.8 Å². The molecule has 0 spiro atoms. The molecule has 0 aliphatic rings. The van der Waals surface area contributed by atoms with Crippen LogP contribution in [0.25, 0.3) is 0 Å². The van der Waals surface area contributed by atoms with E-state index in [0.29, 0.717) is 6.42 Å². The van der Waals surface area contributed by atoms with Gasteiger partial charge in [-0.3, -0.25) is 4.79 Å². The molecule has 0 aliphatic carbocycles. The minimum Gasteiger partial charge on any atom is -0.481 e. The first-order chi connectivity index (χ1) is 8.22. The second-order valence-corrected chi connectivity index (χ2v) is 3.84. The molecule has 0 heterocycles. The number of hydrogen-bond donors (Lipinski definition) is 0. The van der Waals surface area contributed by atoms with Gasteiger partial charge >= 0.3 is 0 Å². The van der Waals surface area contributed by atoms with E-state index in [1.54, 1.807) is 4.90 Å². The maximum Gasteiger partial charge on any atom is 0.263 e. The summed E-state index contributed by atoms with van der Waals surface area (Å²) in [5.41, 5.74) is 0. The van der Waals surface area contributed by atoms with Gasteiger partial charge in [-0.15, -0.1) is 0 Å². The second-order valence-electron chi connectivity index (χ2n) is 3.84. The van der Waals surface area contributed by atoms with Crippen LogP contribution < -0.4 is 4.74 Å². The summed E-state index contributed by atoms with van der Waals surface area (Å²) in [6.45, 7) is 7.39. The van der Waals surface area contributed by atoms with Gasteiger partial charge in [-0.25, -0.2) is 0 Å². The normalized spacial score (nSPS) is 11.9. The predicted molar refractivity (Wildman–Crippen MR) is 69.1 cm³/mol. The van der Waals surface area contributed by atoms with E-state index in [-0.39, 0.29) is 12.0 Å². The summed E-state index contributed by atoms with van der Waals surface area (Å²) in [6, 6.07) is 9.49. The van der Waals surface area contributed by atoms with E-state index in [1.807, 2.05) is 51.1 Å². The molecule has 17 heavy (non-hydrogen) atoms. The molecular weight excluding hydrogens is 214 g/mol. The standard InChI is InChI=1S/C14H21NO2/c1-4-13(14(16)15(5-2)6-3)17-12-10-8-7-9-11-12/h7-11,13H,4-6H2,1-3H3/t13-/m0/s1. The maximum atomic E-state index is 12.1. The molecule has 0 bridgehead atoms. The zero-order valence-corrected chi connectivity index (χ0v) is 10.8. The van der Waals surface area contributed by atoms with Crippen molar-refractivity contribution in [2.24, 2.45) is 0 Å². The molecule has 1 aromatic carbocycles. The first-order valence-corrected chi connectivity index (χ1v) is 6.23. The van der Waals surface area contributed by atoms with Crippen molar-refractivity contribution in [1.29, 1.82) is 0 Å². The average molecular weight is 235 g/mol. The molecule has 1 aromatic rings. The zero-order chi connectivity index (χ0) is 12.7. The summed E-state index contributed by atoms with van der Waals surface area (Å²) >= 11 is 0. The highest BCUT2D eigenvalue weighted by atomic mass is 16.5. The van der Waals surface area contributed by atoms with Crippen molar-refractivity contribution in [3.63, 3.8) is 0 Å². The van der Waals surface area contributed by atoms with Crippen molar-refractivity contribution < 1.29 is 9.53 Å². The summed E-state index contributed by atoms with van der Waals surface area (Å²) in [4.78, 5) is 13.9. The van der Waals surface area contributed by atoms with E-state index >= 15 is 0 Å². The van der Waals surface area contributed by atoms with Gasteiger partial charge in [0.2, 0.25) is 0 Å². The highest BCUT2D eigenvalue weighted by Gasteiger charge is 2.22. The number of carbonyl (C=O) groups is 1. The Balaban J connectivity index is 2.68. The molecule has 1 atom stereocenters. The van der Waals surface area contributed by atoms with Gasteiger partial charge in [-0.2, -0.15) is 0 Å². The molecule has 0 fully saturated rings. The quantitative estimate of drug-likeness (QED) is 0.758. The van der Waals surface area contributed by atoms with Gasteiger partial charge in [0.05, 0.1) is 0 Å². The number of carbonyl (C=O) groups excluding carboxylic acids is 1. The van der Waals surface area contributed by atoms with Crippen molar-refractivity contribution in [3.8, 4) is 5.75 Å². The Morgan fingerprint density at radius 2 is 1.76 bits per heavy atom. The summed E-state index contributed by atoms with van der Waals surface area (Å²) in [5.74, 6) is 0.821. The zero-order valence-electron chi connectivity index (χ0n) is 10.8. The first kappa shape index (κ1) is 13.6. The van der Waals surface area contributed by atoms with Crippen molar-refractivity contribution in [2.75, 3.05) is 13.1 Å². The molecule has 0 radical (unpaired) electrons.